The molecule has 1 aromatic rings. The fourth-order valence-corrected chi connectivity index (χ4v) is 1.29. The average Bonchev–Trinajstić information content (AvgIpc) is 2.28. The molecule has 0 aliphatic heterocycles. The van der Waals surface area contributed by atoms with Gasteiger partial charge in [0.2, 0.25) is 0 Å². The number of benzene rings is 1. The molecule has 0 heterocycles. The zero-order valence-electron chi connectivity index (χ0n) is 8.92. The van der Waals surface area contributed by atoms with Gasteiger partial charge in [0.15, 0.2) is 0 Å². The van der Waals surface area contributed by atoms with E-state index < -0.39 is 12.0 Å². The number of rotatable bonds is 4. The van der Waals surface area contributed by atoms with Crippen LogP contribution in [-0.4, -0.2) is 30.7 Å². The smallest absolute Gasteiger partial charge is 0.322 e. The zero-order chi connectivity index (χ0) is 12.1. The third kappa shape index (κ3) is 2.97. The second-order valence-corrected chi connectivity index (χ2v) is 3.49. The molecular formula is C11H13N3O2. The third-order valence-corrected chi connectivity index (χ3v) is 2.20. The molecule has 0 bridgehead atoms. The molecule has 0 aliphatic rings. The molecule has 84 valence electrons. The van der Waals surface area contributed by atoms with Gasteiger partial charge in [-0.1, -0.05) is 6.07 Å². The van der Waals surface area contributed by atoms with E-state index in [4.69, 9.17) is 16.1 Å². The molecular weight excluding hydrogens is 206 g/mol. The van der Waals surface area contributed by atoms with Crippen molar-refractivity contribution < 1.29 is 9.90 Å². The van der Waals surface area contributed by atoms with Gasteiger partial charge < -0.3 is 15.7 Å². The Kier molecular flexibility index (Phi) is 3.86. The van der Waals surface area contributed by atoms with Crippen LogP contribution in [0.15, 0.2) is 24.3 Å². The summed E-state index contributed by atoms with van der Waals surface area (Å²) in [5.74, 6) is -1.04. The van der Waals surface area contributed by atoms with Crippen LogP contribution < -0.4 is 10.6 Å². The Morgan fingerprint density at radius 2 is 2.38 bits per heavy atom. The van der Waals surface area contributed by atoms with Gasteiger partial charge >= 0.3 is 5.97 Å². The van der Waals surface area contributed by atoms with E-state index in [0.29, 0.717) is 5.56 Å². The fourth-order valence-electron chi connectivity index (χ4n) is 1.29. The van der Waals surface area contributed by atoms with E-state index >= 15 is 0 Å². The highest BCUT2D eigenvalue weighted by Gasteiger charge is 2.14. The van der Waals surface area contributed by atoms with E-state index in [0.717, 1.165) is 5.69 Å². The first-order valence-electron chi connectivity index (χ1n) is 4.74. The summed E-state index contributed by atoms with van der Waals surface area (Å²) in [7, 11) is 1.74. The number of nitrogens with two attached hydrogens (primary N) is 1. The van der Waals surface area contributed by atoms with Crippen molar-refractivity contribution >= 4 is 11.7 Å². The van der Waals surface area contributed by atoms with Crippen molar-refractivity contribution in [2.45, 2.75) is 6.04 Å². The summed E-state index contributed by atoms with van der Waals surface area (Å²) in [5.41, 5.74) is 6.73. The molecule has 0 saturated carbocycles. The highest BCUT2D eigenvalue weighted by Crippen LogP contribution is 2.14. The lowest BCUT2D eigenvalue weighted by Gasteiger charge is -2.21. The standard InChI is InChI=1S/C11H13N3O2/c1-14(7-10(13)11(15)16)9-4-2-3-8(5-9)6-12/h2-5,10H,7,13H2,1H3,(H,15,16). The molecule has 16 heavy (non-hydrogen) atoms. The van der Waals surface area contributed by atoms with Crippen molar-refractivity contribution in [2.75, 3.05) is 18.5 Å². The minimum absolute atomic E-state index is 0.199. The predicted molar refractivity (Wildman–Crippen MR) is 60.0 cm³/mol. The Morgan fingerprint density at radius 1 is 1.69 bits per heavy atom. The van der Waals surface area contributed by atoms with Crippen LogP contribution in [0.1, 0.15) is 5.56 Å². The Labute approximate surface area is 93.7 Å². The van der Waals surface area contributed by atoms with Crippen molar-refractivity contribution in [2.24, 2.45) is 5.73 Å². The number of carboxylic acids is 1. The number of hydrogen-bond donors (Lipinski definition) is 2. The zero-order valence-corrected chi connectivity index (χ0v) is 8.92. The van der Waals surface area contributed by atoms with E-state index in [-0.39, 0.29) is 6.54 Å². The monoisotopic (exact) mass is 219 g/mol. The molecule has 5 heteroatoms. The maximum atomic E-state index is 10.6. The van der Waals surface area contributed by atoms with Gasteiger partial charge in [0, 0.05) is 19.3 Å². The summed E-state index contributed by atoms with van der Waals surface area (Å²) in [6.07, 6.45) is 0. The molecule has 0 amide bonds. The van der Waals surface area contributed by atoms with Crippen molar-refractivity contribution in [3.05, 3.63) is 29.8 Å². The Hall–Kier alpha value is -2.06. The lowest BCUT2D eigenvalue weighted by molar-refractivity contribution is -0.138. The lowest BCUT2D eigenvalue weighted by Crippen LogP contribution is -2.41. The first-order valence-corrected chi connectivity index (χ1v) is 4.74. The second-order valence-electron chi connectivity index (χ2n) is 3.49. The number of carboxylic acid groups (broad SMARTS) is 1. The molecule has 3 N–H and O–H groups in total. The van der Waals surface area contributed by atoms with Gasteiger partial charge in [-0.2, -0.15) is 5.26 Å². The molecule has 1 rings (SSSR count). The first kappa shape index (κ1) is 12.0. The average molecular weight is 219 g/mol. The third-order valence-electron chi connectivity index (χ3n) is 2.20. The van der Waals surface area contributed by atoms with E-state index in [9.17, 15) is 4.79 Å². The normalized spacial score (nSPS) is 11.6. The molecule has 0 fully saturated rings. The van der Waals surface area contributed by atoms with E-state index in [1.165, 1.54) is 0 Å². The molecule has 5 nitrogen and oxygen atoms in total. The number of hydrogen-bond acceptors (Lipinski definition) is 4. The highest BCUT2D eigenvalue weighted by molar-refractivity contribution is 5.74. The summed E-state index contributed by atoms with van der Waals surface area (Å²) in [4.78, 5) is 12.3. The quantitative estimate of drug-likeness (QED) is 0.765. The fraction of sp³-hybridized carbons (Fsp3) is 0.273. The Balaban J connectivity index is 2.77. The topological polar surface area (TPSA) is 90.3 Å². The van der Waals surface area contributed by atoms with Crippen molar-refractivity contribution in [1.29, 1.82) is 5.26 Å². The molecule has 0 radical (unpaired) electrons. The van der Waals surface area contributed by atoms with Gasteiger partial charge in [-0.3, -0.25) is 4.79 Å². The van der Waals surface area contributed by atoms with E-state index in [1.54, 1.807) is 36.2 Å². The maximum absolute atomic E-state index is 10.6. The molecule has 0 aromatic heterocycles. The van der Waals surface area contributed by atoms with Gasteiger partial charge in [0.25, 0.3) is 0 Å². The number of aliphatic carboxylic acids is 1. The SMILES string of the molecule is CN(CC(N)C(=O)O)c1cccc(C#N)c1. The minimum atomic E-state index is -1.04. The Bertz CT molecular complexity index is 425. The summed E-state index contributed by atoms with van der Waals surface area (Å²) in [5, 5.41) is 17.4. The first-order chi connectivity index (χ1) is 7.54. The number of anilines is 1. The molecule has 0 saturated heterocycles. The van der Waals surface area contributed by atoms with Crippen LogP contribution in [0.5, 0.6) is 0 Å². The molecule has 1 aromatic carbocycles. The van der Waals surface area contributed by atoms with Gasteiger partial charge in [-0.05, 0) is 18.2 Å². The lowest BCUT2D eigenvalue weighted by atomic mass is 10.2. The van der Waals surface area contributed by atoms with Gasteiger partial charge in [-0.15, -0.1) is 0 Å². The van der Waals surface area contributed by atoms with Crippen LogP contribution in [-0.2, 0) is 4.79 Å². The predicted octanol–water partition coefficient (Wildman–Crippen LogP) is 0.406. The summed E-state index contributed by atoms with van der Waals surface area (Å²) in [6, 6.07) is 8.02. The highest BCUT2D eigenvalue weighted by atomic mass is 16.4. The van der Waals surface area contributed by atoms with Crippen LogP contribution in [0.4, 0.5) is 5.69 Å². The molecule has 1 unspecified atom stereocenters. The van der Waals surface area contributed by atoms with Crippen LogP contribution in [0.2, 0.25) is 0 Å². The van der Waals surface area contributed by atoms with Gasteiger partial charge in [0.1, 0.15) is 6.04 Å². The van der Waals surface area contributed by atoms with Crippen LogP contribution in [0.3, 0.4) is 0 Å². The van der Waals surface area contributed by atoms with E-state index in [1.807, 2.05) is 6.07 Å². The summed E-state index contributed by atoms with van der Waals surface area (Å²) in [6.45, 7) is 0.199. The van der Waals surface area contributed by atoms with Crippen LogP contribution >= 0.6 is 0 Å². The van der Waals surface area contributed by atoms with Crippen molar-refractivity contribution in [1.82, 2.24) is 0 Å². The van der Waals surface area contributed by atoms with Crippen LogP contribution in [0.25, 0.3) is 0 Å². The minimum Gasteiger partial charge on any atom is -0.480 e. The second kappa shape index (κ2) is 5.14. The number of likely N-dealkylation sites (N-methyl/N-ethyl adjacent to an activating group) is 1. The van der Waals surface area contributed by atoms with E-state index in [2.05, 4.69) is 0 Å². The molecule has 0 aliphatic carbocycles. The number of carbonyl (C=O) groups is 1. The summed E-state index contributed by atoms with van der Waals surface area (Å²) < 4.78 is 0. The maximum Gasteiger partial charge on any atom is 0.322 e. The number of nitrogens with zero attached hydrogens (tertiary/aromatic N) is 2. The van der Waals surface area contributed by atoms with Crippen molar-refractivity contribution in [3.63, 3.8) is 0 Å². The number of nitriles is 1. The van der Waals surface area contributed by atoms with Crippen LogP contribution in [0, 0.1) is 11.3 Å². The van der Waals surface area contributed by atoms with Gasteiger partial charge in [0.05, 0.1) is 11.6 Å². The molecule has 0 spiro atoms. The molecule has 1 atom stereocenters. The summed E-state index contributed by atoms with van der Waals surface area (Å²) >= 11 is 0. The Morgan fingerprint density at radius 3 is 2.94 bits per heavy atom. The van der Waals surface area contributed by atoms with Gasteiger partial charge in [-0.25, -0.2) is 0 Å². The van der Waals surface area contributed by atoms with Crippen molar-refractivity contribution in [3.8, 4) is 6.07 Å². The largest absolute Gasteiger partial charge is 0.480 e.